The van der Waals surface area contributed by atoms with E-state index in [1.54, 1.807) is 21.0 Å². The molecule has 2 aliphatic rings. The van der Waals surface area contributed by atoms with Gasteiger partial charge in [0.05, 0.1) is 37.6 Å². The van der Waals surface area contributed by atoms with Crippen LogP contribution in [0.15, 0.2) is 30.3 Å². The number of nitrogens with one attached hydrogen (secondary N) is 1. The largest absolute Gasteiger partial charge is 0.449 e. The second kappa shape index (κ2) is 18.8. The molecule has 2 aromatic rings. The summed E-state index contributed by atoms with van der Waals surface area (Å²) in [7, 11) is -2.05. The van der Waals surface area contributed by atoms with Crippen molar-refractivity contribution in [1.29, 1.82) is 0 Å². The molecule has 52 heavy (non-hydrogen) atoms. The Balaban J connectivity index is 1.62. The van der Waals surface area contributed by atoms with Crippen molar-refractivity contribution in [2.24, 2.45) is 0 Å². The van der Waals surface area contributed by atoms with E-state index < -0.39 is 43.3 Å². The minimum atomic E-state index is -4.62. The van der Waals surface area contributed by atoms with Crippen LogP contribution in [0.1, 0.15) is 62.5 Å². The van der Waals surface area contributed by atoms with Crippen LogP contribution in [-0.4, -0.2) is 122 Å². The second-order valence-electron chi connectivity index (χ2n) is 12.4. The first kappa shape index (κ1) is 41.0. The Morgan fingerprint density at radius 3 is 2.31 bits per heavy atom. The maximum Gasteiger partial charge on any atom is 0.416 e. The van der Waals surface area contributed by atoms with Crippen LogP contribution in [0.3, 0.4) is 0 Å². The molecular formula is C34H48F3N6O8P. The minimum Gasteiger partial charge on any atom is -0.449 e. The van der Waals surface area contributed by atoms with Gasteiger partial charge in [0.2, 0.25) is 5.91 Å². The van der Waals surface area contributed by atoms with Gasteiger partial charge in [0.15, 0.2) is 5.82 Å². The van der Waals surface area contributed by atoms with Gasteiger partial charge in [-0.1, -0.05) is 25.5 Å². The third-order valence-electron chi connectivity index (χ3n) is 8.72. The van der Waals surface area contributed by atoms with Gasteiger partial charge in [0, 0.05) is 58.0 Å². The SMILES string of the molecule is CCCCOC(=O)N1CCN(C(=O)[C@H](CCP(=O)(OCC)OCC)NC(=O)c2cc(N3CC[C@H](OC)C3)nc(-c3cccc(C(F)(F)F)c3)n2)CC1. The van der Waals surface area contributed by atoms with Crippen molar-refractivity contribution >= 4 is 31.3 Å². The predicted molar refractivity (Wildman–Crippen MR) is 186 cm³/mol. The Morgan fingerprint density at radius 2 is 1.69 bits per heavy atom. The summed E-state index contributed by atoms with van der Waals surface area (Å²) in [5.74, 6) is -1.09. The van der Waals surface area contributed by atoms with Gasteiger partial charge in [-0.05, 0) is 45.2 Å². The number of hydrogen-bond donors (Lipinski definition) is 1. The molecule has 1 aromatic heterocycles. The normalized spacial score (nSPS) is 17.3. The van der Waals surface area contributed by atoms with Gasteiger partial charge in [0.1, 0.15) is 17.6 Å². The van der Waals surface area contributed by atoms with E-state index in [4.69, 9.17) is 18.5 Å². The number of nitrogens with zero attached hydrogens (tertiary/aromatic N) is 5. The van der Waals surface area contributed by atoms with E-state index >= 15 is 0 Å². The summed E-state index contributed by atoms with van der Waals surface area (Å²) in [5, 5.41) is 2.73. The zero-order chi connectivity index (χ0) is 37.9. The Morgan fingerprint density at radius 1 is 1.00 bits per heavy atom. The number of halogens is 3. The Labute approximate surface area is 301 Å². The summed E-state index contributed by atoms with van der Waals surface area (Å²) in [5.41, 5.74) is -1.05. The average Bonchev–Trinajstić information content (AvgIpc) is 3.63. The lowest BCUT2D eigenvalue weighted by Crippen LogP contribution is -2.56. The fraction of sp³-hybridized carbons (Fsp3) is 0.618. The topological polar surface area (TPSA) is 153 Å². The molecular weight excluding hydrogens is 708 g/mol. The molecule has 0 aliphatic carbocycles. The summed E-state index contributed by atoms with van der Waals surface area (Å²) in [6, 6.07) is 4.69. The van der Waals surface area contributed by atoms with E-state index in [1.807, 2.05) is 11.8 Å². The number of rotatable bonds is 16. The predicted octanol–water partition coefficient (Wildman–Crippen LogP) is 5.22. The number of piperazine rings is 1. The second-order valence-corrected chi connectivity index (χ2v) is 14.6. The van der Waals surface area contributed by atoms with Gasteiger partial charge in [-0.3, -0.25) is 14.2 Å². The van der Waals surface area contributed by atoms with Gasteiger partial charge in [0.25, 0.3) is 5.91 Å². The van der Waals surface area contributed by atoms with Crippen molar-refractivity contribution in [2.45, 2.75) is 64.8 Å². The maximum absolute atomic E-state index is 14.0. The third-order valence-corrected chi connectivity index (χ3v) is 10.8. The quantitative estimate of drug-likeness (QED) is 0.177. The van der Waals surface area contributed by atoms with E-state index in [0.717, 1.165) is 25.0 Å². The van der Waals surface area contributed by atoms with E-state index in [9.17, 15) is 32.1 Å². The highest BCUT2D eigenvalue weighted by Gasteiger charge is 2.35. The zero-order valence-electron chi connectivity index (χ0n) is 30.0. The van der Waals surface area contributed by atoms with Crippen molar-refractivity contribution < 1.29 is 50.6 Å². The van der Waals surface area contributed by atoms with Crippen molar-refractivity contribution in [3.63, 3.8) is 0 Å². The third kappa shape index (κ3) is 11.1. The average molecular weight is 757 g/mol. The lowest BCUT2D eigenvalue weighted by Gasteiger charge is -2.36. The lowest BCUT2D eigenvalue weighted by atomic mass is 10.1. The van der Waals surface area contributed by atoms with Gasteiger partial charge in [-0.2, -0.15) is 13.2 Å². The molecule has 2 atom stereocenters. The monoisotopic (exact) mass is 756 g/mol. The Hall–Kier alpha value is -3.79. The molecule has 2 fully saturated rings. The number of unbranched alkanes of at least 4 members (excludes halogenated alkanes) is 1. The van der Waals surface area contributed by atoms with E-state index in [2.05, 4.69) is 15.3 Å². The van der Waals surface area contributed by atoms with E-state index in [0.29, 0.717) is 31.9 Å². The molecule has 2 saturated heterocycles. The first-order valence-electron chi connectivity index (χ1n) is 17.5. The molecule has 288 valence electrons. The number of ether oxygens (including phenoxy) is 2. The number of methoxy groups -OCH3 is 1. The molecule has 0 unspecified atom stereocenters. The summed E-state index contributed by atoms with van der Waals surface area (Å²) in [6.45, 7) is 7.49. The van der Waals surface area contributed by atoms with Gasteiger partial charge >= 0.3 is 19.9 Å². The molecule has 0 saturated carbocycles. The zero-order valence-corrected chi connectivity index (χ0v) is 30.9. The fourth-order valence-electron chi connectivity index (χ4n) is 5.87. The van der Waals surface area contributed by atoms with Crippen molar-refractivity contribution in [2.75, 3.05) is 77.3 Å². The number of benzene rings is 1. The first-order chi connectivity index (χ1) is 24.8. The van der Waals surface area contributed by atoms with Crippen LogP contribution in [0.4, 0.5) is 23.8 Å². The highest BCUT2D eigenvalue weighted by atomic mass is 31.2. The van der Waals surface area contributed by atoms with Crippen LogP contribution in [0, 0.1) is 0 Å². The molecule has 3 heterocycles. The molecule has 18 heteroatoms. The molecule has 1 N–H and O–H groups in total. The molecule has 2 aliphatic heterocycles. The van der Waals surface area contributed by atoms with E-state index in [1.165, 1.54) is 28.0 Å². The van der Waals surface area contributed by atoms with Crippen LogP contribution in [0.25, 0.3) is 11.4 Å². The molecule has 4 rings (SSSR count). The summed E-state index contributed by atoms with van der Waals surface area (Å²) < 4.78 is 75.9. The molecule has 3 amide bonds. The first-order valence-corrected chi connectivity index (χ1v) is 19.3. The highest BCUT2D eigenvalue weighted by molar-refractivity contribution is 7.53. The van der Waals surface area contributed by atoms with E-state index in [-0.39, 0.29) is 75.2 Å². The van der Waals surface area contributed by atoms with Crippen LogP contribution in [0.5, 0.6) is 0 Å². The minimum absolute atomic E-state index is 0.0429. The van der Waals surface area contributed by atoms with Gasteiger partial charge in [-0.15, -0.1) is 0 Å². The number of amides is 3. The number of anilines is 1. The number of alkyl halides is 3. The highest BCUT2D eigenvalue weighted by Crippen LogP contribution is 2.48. The van der Waals surface area contributed by atoms with Gasteiger partial charge < -0.3 is 38.5 Å². The van der Waals surface area contributed by atoms with Crippen LogP contribution in [0.2, 0.25) is 0 Å². The molecule has 1 aromatic carbocycles. The lowest BCUT2D eigenvalue weighted by molar-refractivity contribution is -0.137. The van der Waals surface area contributed by atoms with Crippen molar-refractivity contribution in [1.82, 2.24) is 25.1 Å². The molecule has 0 radical (unpaired) electrons. The summed E-state index contributed by atoms with van der Waals surface area (Å²) >= 11 is 0. The maximum atomic E-state index is 14.0. The number of aromatic nitrogens is 2. The molecule has 14 nitrogen and oxygen atoms in total. The summed E-state index contributed by atoms with van der Waals surface area (Å²) in [4.78, 5) is 54.2. The molecule has 0 spiro atoms. The van der Waals surface area contributed by atoms with Crippen LogP contribution >= 0.6 is 7.60 Å². The van der Waals surface area contributed by atoms with Crippen molar-refractivity contribution in [3.8, 4) is 11.4 Å². The summed E-state index contributed by atoms with van der Waals surface area (Å²) in [6.07, 6.45) is -3.24. The van der Waals surface area contributed by atoms with Crippen LogP contribution in [-0.2, 0) is 34.1 Å². The number of hydrogen-bond acceptors (Lipinski definition) is 11. The number of carbonyl (C=O) groups is 3. The smallest absolute Gasteiger partial charge is 0.416 e. The van der Waals surface area contributed by atoms with Crippen molar-refractivity contribution in [3.05, 3.63) is 41.6 Å². The standard InChI is InChI=1S/C34H48F3N6O8P/c1-5-8-19-49-33(46)42-17-15-41(16-18-42)32(45)27(13-20-52(47,50-6-2)51-7-3)39-31(44)28-22-29(43-14-12-26(23-43)48-4)40-30(38-28)24-10-9-11-25(21-24)34(35,36)37/h9-11,21-22,26-27H,5-8,12-20,23H2,1-4H3,(H,39,44)/t26-,27-/m0/s1. The Kier molecular flexibility index (Phi) is 14.8. The Bertz CT molecular complexity index is 1570. The van der Waals surface area contributed by atoms with Gasteiger partial charge in [-0.25, -0.2) is 14.8 Å². The molecule has 0 bridgehead atoms. The van der Waals surface area contributed by atoms with Crippen LogP contribution < -0.4 is 10.2 Å². The fourth-order valence-corrected chi connectivity index (χ4v) is 7.56. The number of carbonyl (C=O) groups excluding carboxylic acids is 3.